The molecule has 0 aliphatic rings. The predicted octanol–water partition coefficient (Wildman–Crippen LogP) is 2.27. The van der Waals surface area contributed by atoms with E-state index in [2.05, 4.69) is 37.3 Å². The molecule has 3 aromatic rings. The fraction of sp³-hybridized carbons (Fsp3) is 0.316. The number of hydrogen-bond acceptors (Lipinski definition) is 6. The van der Waals surface area contributed by atoms with Crippen LogP contribution >= 0.6 is 0 Å². The molecule has 0 amide bonds. The number of aromatic nitrogens is 4. The Hall–Kier alpha value is -2.91. The monoisotopic (exact) mass is 388 g/mol. The van der Waals surface area contributed by atoms with E-state index in [9.17, 15) is 8.78 Å². The van der Waals surface area contributed by atoms with Crippen LogP contribution in [0.1, 0.15) is 11.4 Å². The first-order valence-electron chi connectivity index (χ1n) is 8.94. The molecule has 1 heterocycles. The maximum Gasteiger partial charge on any atom is 0.387 e. The molecule has 3 rings (SSSR count). The molecule has 0 aliphatic carbocycles. The highest BCUT2D eigenvalue weighted by molar-refractivity contribution is 5.37. The van der Waals surface area contributed by atoms with Gasteiger partial charge in [0.25, 0.3) is 0 Å². The summed E-state index contributed by atoms with van der Waals surface area (Å²) in [6.07, 6.45) is 0.891. The SMILES string of the molecule is NCCN(CCc1ccccc1)Cc1nnnn1-c1ccc(OC(F)F)cc1. The highest BCUT2D eigenvalue weighted by atomic mass is 19.3. The second kappa shape index (κ2) is 9.86. The molecule has 28 heavy (non-hydrogen) atoms. The van der Waals surface area contributed by atoms with Gasteiger partial charge < -0.3 is 10.5 Å². The van der Waals surface area contributed by atoms with Gasteiger partial charge in [0.15, 0.2) is 5.82 Å². The average molecular weight is 388 g/mol. The maximum absolute atomic E-state index is 12.3. The quantitative estimate of drug-likeness (QED) is 0.574. The van der Waals surface area contributed by atoms with Crippen LogP contribution in [-0.4, -0.2) is 51.4 Å². The van der Waals surface area contributed by atoms with E-state index in [0.717, 1.165) is 13.0 Å². The molecule has 1 aromatic heterocycles. The minimum Gasteiger partial charge on any atom is -0.435 e. The van der Waals surface area contributed by atoms with Gasteiger partial charge in [-0.3, -0.25) is 4.90 Å². The summed E-state index contributed by atoms with van der Waals surface area (Å²) in [7, 11) is 0. The maximum atomic E-state index is 12.3. The van der Waals surface area contributed by atoms with Crippen LogP contribution < -0.4 is 10.5 Å². The number of benzene rings is 2. The molecule has 148 valence electrons. The minimum absolute atomic E-state index is 0.0843. The zero-order valence-corrected chi connectivity index (χ0v) is 15.3. The summed E-state index contributed by atoms with van der Waals surface area (Å²) < 4.78 is 30.5. The number of hydrogen-bond donors (Lipinski definition) is 1. The predicted molar refractivity (Wildman–Crippen MR) is 100 cm³/mol. The Morgan fingerprint density at radius 3 is 2.46 bits per heavy atom. The van der Waals surface area contributed by atoms with Crippen molar-refractivity contribution in [3.8, 4) is 11.4 Å². The molecule has 0 saturated carbocycles. The van der Waals surface area contributed by atoms with Gasteiger partial charge >= 0.3 is 6.61 Å². The summed E-state index contributed by atoms with van der Waals surface area (Å²) in [5.74, 6) is 0.727. The van der Waals surface area contributed by atoms with Crippen LogP contribution in [0.2, 0.25) is 0 Å². The number of ether oxygens (including phenoxy) is 1. The van der Waals surface area contributed by atoms with Crippen molar-refractivity contribution in [2.45, 2.75) is 19.6 Å². The zero-order valence-electron chi connectivity index (χ0n) is 15.3. The van der Waals surface area contributed by atoms with E-state index in [0.29, 0.717) is 31.1 Å². The normalized spacial score (nSPS) is 11.3. The van der Waals surface area contributed by atoms with Gasteiger partial charge in [-0.2, -0.15) is 13.5 Å². The molecule has 7 nitrogen and oxygen atoms in total. The first-order chi connectivity index (χ1) is 13.7. The van der Waals surface area contributed by atoms with Crippen molar-refractivity contribution in [1.29, 1.82) is 0 Å². The minimum atomic E-state index is -2.86. The summed E-state index contributed by atoms with van der Waals surface area (Å²) in [6, 6.07) is 16.4. The lowest BCUT2D eigenvalue weighted by Crippen LogP contribution is -2.32. The van der Waals surface area contributed by atoms with Crippen molar-refractivity contribution < 1.29 is 13.5 Å². The van der Waals surface area contributed by atoms with Gasteiger partial charge in [0.2, 0.25) is 0 Å². The van der Waals surface area contributed by atoms with Crippen molar-refractivity contribution in [2.24, 2.45) is 5.73 Å². The van der Waals surface area contributed by atoms with Gasteiger partial charge in [-0.05, 0) is 46.7 Å². The van der Waals surface area contributed by atoms with Crippen LogP contribution in [0.4, 0.5) is 8.78 Å². The van der Waals surface area contributed by atoms with Gasteiger partial charge in [-0.1, -0.05) is 30.3 Å². The molecule has 0 fully saturated rings. The van der Waals surface area contributed by atoms with E-state index in [1.54, 1.807) is 16.8 Å². The van der Waals surface area contributed by atoms with Crippen LogP contribution in [0, 0.1) is 0 Å². The van der Waals surface area contributed by atoms with Crippen molar-refractivity contribution in [3.05, 3.63) is 66.0 Å². The van der Waals surface area contributed by atoms with Gasteiger partial charge in [0.1, 0.15) is 5.75 Å². The van der Waals surface area contributed by atoms with Gasteiger partial charge in [-0.25, -0.2) is 0 Å². The highest BCUT2D eigenvalue weighted by Crippen LogP contribution is 2.18. The molecular formula is C19H22F2N6O. The first kappa shape index (κ1) is 19.8. The third kappa shape index (κ3) is 5.54. The number of nitrogens with two attached hydrogens (primary N) is 1. The molecule has 0 saturated heterocycles. The molecule has 0 atom stereocenters. The Morgan fingerprint density at radius 2 is 1.79 bits per heavy atom. The number of halogens is 2. The van der Waals surface area contributed by atoms with E-state index in [1.165, 1.54) is 17.7 Å². The smallest absolute Gasteiger partial charge is 0.387 e. The first-order valence-corrected chi connectivity index (χ1v) is 8.94. The van der Waals surface area contributed by atoms with Crippen LogP contribution in [0.3, 0.4) is 0 Å². The molecule has 0 unspecified atom stereocenters. The fourth-order valence-corrected chi connectivity index (χ4v) is 2.86. The average Bonchev–Trinajstić information content (AvgIpc) is 3.15. The van der Waals surface area contributed by atoms with E-state index in [1.807, 2.05) is 18.2 Å². The van der Waals surface area contributed by atoms with Crippen molar-refractivity contribution in [1.82, 2.24) is 25.1 Å². The summed E-state index contributed by atoms with van der Waals surface area (Å²) in [5, 5.41) is 11.9. The Labute approximate surface area is 161 Å². The van der Waals surface area contributed by atoms with Gasteiger partial charge in [-0.15, -0.1) is 5.10 Å². The largest absolute Gasteiger partial charge is 0.435 e. The number of tetrazole rings is 1. The lowest BCUT2D eigenvalue weighted by molar-refractivity contribution is -0.0498. The van der Waals surface area contributed by atoms with Crippen LogP contribution in [0.5, 0.6) is 5.75 Å². The zero-order chi connectivity index (χ0) is 19.8. The van der Waals surface area contributed by atoms with Crippen molar-refractivity contribution in [2.75, 3.05) is 19.6 Å². The number of nitrogens with zero attached hydrogens (tertiary/aromatic N) is 5. The second-order valence-corrected chi connectivity index (χ2v) is 6.18. The van der Waals surface area contributed by atoms with Gasteiger partial charge in [0, 0.05) is 19.6 Å². The number of alkyl halides is 2. The Morgan fingerprint density at radius 1 is 1.04 bits per heavy atom. The van der Waals surface area contributed by atoms with Gasteiger partial charge in [0.05, 0.1) is 12.2 Å². The Kier molecular flexibility index (Phi) is 6.99. The van der Waals surface area contributed by atoms with Crippen LogP contribution in [0.25, 0.3) is 5.69 Å². The second-order valence-electron chi connectivity index (χ2n) is 6.18. The topological polar surface area (TPSA) is 82.1 Å². The summed E-state index contributed by atoms with van der Waals surface area (Å²) in [5.41, 5.74) is 7.67. The molecule has 2 N–H and O–H groups in total. The standard InChI is InChI=1S/C19H22F2N6O/c20-19(21)28-17-8-6-16(7-9-17)27-18(23-24-25-27)14-26(13-11-22)12-10-15-4-2-1-3-5-15/h1-9,19H,10-14,22H2. The molecule has 0 radical (unpaired) electrons. The Balaban J connectivity index is 1.68. The van der Waals surface area contributed by atoms with E-state index in [-0.39, 0.29) is 5.75 Å². The van der Waals surface area contributed by atoms with E-state index < -0.39 is 6.61 Å². The summed E-state index contributed by atoms with van der Waals surface area (Å²) >= 11 is 0. The third-order valence-electron chi connectivity index (χ3n) is 4.21. The molecule has 2 aromatic carbocycles. The van der Waals surface area contributed by atoms with Crippen molar-refractivity contribution in [3.63, 3.8) is 0 Å². The third-order valence-corrected chi connectivity index (χ3v) is 4.21. The molecule has 0 aliphatic heterocycles. The highest BCUT2D eigenvalue weighted by Gasteiger charge is 2.14. The lowest BCUT2D eigenvalue weighted by Gasteiger charge is -2.21. The van der Waals surface area contributed by atoms with Crippen LogP contribution in [0.15, 0.2) is 54.6 Å². The van der Waals surface area contributed by atoms with Crippen molar-refractivity contribution >= 4 is 0 Å². The Bertz CT molecular complexity index is 841. The lowest BCUT2D eigenvalue weighted by atomic mass is 10.1. The molecule has 0 bridgehead atoms. The summed E-state index contributed by atoms with van der Waals surface area (Å²) in [6.45, 7) is -0.290. The fourth-order valence-electron chi connectivity index (χ4n) is 2.86. The van der Waals surface area contributed by atoms with E-state index >= 15 is 0 Å². The molecule has 9 heteroatoms. The molecule has 0 spiro atoms. The summed E-state index contributed by atoms with van der Waals surface area (Å²) in [4.78, 5) is 2.18. The molecular weight excluding hydrogens is 366 g/mol. The van der Waals surface area contributed by atoms with E-state index in [4.69, 9.17) is 5.73 Å². The number of rotatable bonds is 10. The van der Waals surface area contributed by atoms with Crippen LogP contribution in [-0.2, 0) is 13.0 Å².